The number of nitrogens with zero attached hydrogens (tertiary/aromatic N) is 4. The van der Waals surface area contributed by atoms with Gasteiger partial charge in [-0.3, -0.25) is 19.9 Å². The molecule has 10 heteroatoms. The first-order valence-corrected chi connectivity index (χ1v) is 16.6. The summed E-state index contributed by atoms with van der Waals surface area (Å²) in [5.41, 5.74) is 2.85. The number of amides is 2. The number of aromatic nitrogens is 3. The normalized spacial score (nSPS) is 21.8. The molecule has 42 heavy (non-hydrogen) atoms. The predicted octanol–water partition coefficient (Wildman–Crippen LogP) is 7.37. The first-order valence-electron chi connectivity index (χ1n) is 14.9. The average Bonchev–Trinajstić information content (AvgIpc) is 3.11. The molecule has 0 radical (unpaired) electrons. The van der Waals surface area contributed by atoms with Crippen LogP contribution in [0.25, 0.3) is 11.0 Å². The molecule has 2 unspecified atom stereocenters. The number of pyridine rings is 1. The van der Waals surface area contributed by atoms with E-state index in [1.165, 1.54) is 31.5 Å². The van der Waals surface area contributed by atoms with Crippen LogP contribution in [0.15, 0.2) is 43.1 Å². The van der Waals surface area contributed by atoms with Crippen molar-refractivity contribution in [2.24, 2.45) is 5.41 Å². The molecule has 0 bridgehead atoms. The van der Waals surface area contributed by atoms with Crippen LogP contribution in [0, 0.1) is 12.3 Å². The predicted molar refractivity (Wildman–Crippen MR) is 171 cm³/mol. The number of nitrogens with one attached hydrogen (secondary N) is 1. The van der Waals surface area contributed by atoms with Crippen molar-refractivity contribution < 1.29 is 14.3 Å². The Hall–Kier alpha value is -2.96. The SMILES string of the molecule is C=CC(=O)N1CCCC[C@@H](n2c(NC(=O)c3ccnc(C)c3)nc3cc(OC4CC(C)(C)CCCCP4)cc(Cl)c32)C1. The summed E-state index contributed by atoms with van der Waals surface area (Å²) >= 11 is 7.02. The molecule has 2 amide bonds. The van der Waals surface area contributed by atoms with Gasteiger partial charge >= 0.3 is 0 Å². The quantitative estimate of drug-likeness (QED) is 0.233. The maximum atomic E-state index is 13.4. The minimum absolute atomic E-state index is 0.103. The Morgan fingerprint density at radius 2 is 2.05 bits per heavy atom. The highest BCUT2D eigenvalue weighted by molar-refractivity contribution is 7.38. The molecule has 5 rings (SSSR count). The Kier molecular flexibility index (Phi) is 9.54. The molecule has 0 saturated carbocycles. The van der Waals surface area contributed by atoms with Crippen molar-refractivity contribution in [2.45, 2.75) is 77.6 Å². The van der Waals surface area contributed by atoms with E-state index in [0.29, 0.717) is 40.9 Å². The molecule has 3 atom stereocenters. The fraction of sp³-hybridized carbons (Fsp3) is 0.500. The molecule has 4 heterocycles. The summed E-state index contributed by atoms with van der Waals surface area (Å²) < 4.78 is 8.58. The second-order valence-corrected chi connectivity index (χ2v) is 14.2. The number of likely N-dealkylation sites (tertiary alicyclic amines) is 1. The molecule has 2 aliphatic heterocycles. The van der Waals surface area contributed by atoms with Gasteiger partial charge in [-0.1, -0.05) is 47.0 Å². The lowest BCUT2D eigenvalue weighted by molar-refractivity contribution is -0.126. The van der Waals surface area contributed by atoms with Crippen molar-refractivity contribution in [3.63, 3.8) is 0 Å². The van der Waals surface area contributed by atoms with Gasteiger partial charge in [0.15, 0.2) is 0 Å². The van der Waals surface area contributed by atoms with E-state index < -0.39 is 0 Å². The van der Waals surface area contributed by atoms with Crippen molar-refractivity contribution in [2.75, 3.05) is 24.6 Å². The summed E-state index contributed by atoms with van der Waals surface area (Å²) in [6.07, 6.45) is 11.5. The number of imidazole rings is 1. The fourth-order valence-corrected chi connectivity index (χ4v) is 8.09. The van der Waals surface area contributed by atoms with Crippen molar-refractivity contribution in [3.8, 4) is 5.75 Å². The lowest BCUT2D eigenvalue weighted by atomic mass is 9.84. The number of hydrogen-bond donors (Lipinski definition) is 1. The zero-order chi connectivity index (χ0) is 29.9. The summed E-state index contributed by atoms with van der Waals surface area (Å²) in [4.78, 5) is 36.9. The third-order valence-corrected chi connectivity index (χ3v) is 9.97. The van der Waals surface area contributed by atoms with Gasteiger partial charge in [-0.25, -0.2) is 4.98 Å². The van der Waals surface area contributed by atoms with E-state index in [1.807, 2.05) is 28.5 Å². The van der Waals surface area contributed by atoms with Gasteiger partial charge in [0.05, 0.1) is 22.1 Å². The maximum Gasteiger partial charge on any atom is 0.258 e. The number of carbonyl (C=O) groups is 2. The van der Waals surface area contributed by atoms with E-state index in [0.717, 1.165) is 45.5 Å². The third kappa shape index (κ3) is 7.15. The number of ether oxygens (including phenoxy) is 1. The Labute approximate surface area is 255 Å². The molecule has 2 aromatic heterocycles. The number of fused-ring (bicyclic) bond motifs is 1. The fourth-order valence-electron chi connectivity index (χ4n) is 6.11. The minimum atomic E-state index is -0.282. The van der Waals surface area contributed by atoms with Gasteiger partial charge in [0.1, 0.15) is 11.6 Å². The van der Waals surface area contributed by atoms with Gasteiger partial charge in [-0.2, -0.15) is 0 Å². The Morgan fingerprint density at radius 3 is 2.83 bits per heavy atom. The largest absolute Gasteiger partial charge is 0.486 e. The summed E-state index contributed by atoms with van der Waals surface area (Å²) in [5, 5.41) is 3.55. The highest BCUT2D eigenvalue weighted by Crippen LogP contribution is 2.42. The van der Waals surface area contributed by atoms with Crippen LogP contribution in [-0.4, -0.2) is 56.3 Å². The number of hydrogen-bond acceptors (Lipinski definition) is 5. The molecule has 2 aliphatic rings. The van der Waals surface area contributed by atoms with E-state index in [9.17, 15) is 9.59 Å². The van der Waals surface area contributed by atoms with Crippen LogP contribution < -0.4 is 10.1 Å². The van der Waals surface area contributed by atoms with Gasteiger partial charge < -0.3 is 14.2 Å². The number of anilines is 1. The first-order chi connectivity index (χ1) is 20.1. The molecule has 8 nitrogen and oxygen atoms in total. The lowest BCUT2D eigenvalue weighted by Crippen LogP contribution is -2.34. The smallest absolute Gasteiger partial charge is 0.258 e. The molecule has 1 aromatic carbocycles. The lowest BCUT2D eigenvalue weighted by Gasteiger charge is -2.32. The standard InChI is InChI=1S/C32H41ClN5O3P/c1-5-27(39)37-14-8-6-10-23(20-37)38-29-25(33)17-24(41-28-19-32(3,4)12-7-9-15-42-28)18-26(29)35-31(38)36-30(40)22-11-13-34-21(2)16-22/h5,11,13,16-18,23,28,42H,1,6-10,12,14-15,19-20H2,2-4H3,(H,35,36,40)/t23-,28?/m1/s1. The van der Waals surface area contributed by atoms with Crippen molar-refractivity contribution >= 4 is 49.0 Å². The van der Waals surface area contributed by atoms with Crippen LogP contribution in [0.5, 0.6) is 5.75 Å². The van der Waals surface area contributed by atoms with E-state index >= 15 is 0 Å². The molecule has 224 valence electrons. The minimum Gasteiger partial charge on any atom is -0.486 e. The van der Waals surface area contributed by atoms with E-state index in [2.05, 4.69) is 30.7 Å². The van der Waals surface area contributed by atoms with Crippen LogP contribution in [0.4, 0.5) is 5.95 Å². The average molecular weight is 610 g/mol. The van der Waals surface area contributed by atoms with Crippen molar-refractivity contribution in [1.29, 1.82) is 0 Å². The number of benzene rings is 1. The molecular formula is C32H41ClN5O3P. The molecule has 0 spiro atoms. The highest BCUT2D eigenvalue weighted by Gasteiger charge is 2.29. The number of rotatable bonds is 6. The van der Waals surface area contributed by atoms with Crippen molar-refractivity contribution in [3.05, 3.63) is 59.4 Å². The monoisotopic (exact) mass is 609 g/mol. The Balaban J connectivity index is 1.53. The number of aryl methyl sites for hydroxylation is 1. The highest BCUT2D eigenvalue weighted by atomic mass is 35.5. The van der Waals surface area contributed by atoms with Gasteiger partial charge in [0, 0.05) is 42.7 Å². The second kappa shape index (κ2) is 13.1. The molecule has 2 fully saturated rings. The molecular weight excluding hydrogens is 569 g/mol. The van der Waals surface area contributed by atoms with E-state index in [1.54, 1.807) is 18.3 Å². The molecule has 1 N–H and O–H groups in total. The first kappa shape index (κ1) is 30.5. The summed E-state index contributed by atoms with van der Waals surface area (Å²) in [6, 6.07) is 7.10. The molecule has 3 aromatic rings. The summed E-state index contributed by atoms with van der Waals surface area (Å²) in [6.45, 7) is 11.3. The van der Waals surface area contributed by atoms with Gasteiger partial charge in [-0.05, 0) is 75.2 Å². The second-order valence-electron chi connectivity index (χ2n) is 12.2. The topological polar surface area (TPSA) is 89.4 Å². The Bertz CT molecular complexity index is 1470. The molecule has 2 saturated heterocycles. The zero-order valence-electron chi connectivity index (χ0n) is 24.8. The van der Waals surface area contributed by atoms with Crippen LogP contribution in [0.2, 0.25) is 5.02 Å². The van der Waals surface area contributed by atoms with Crippen LogP contribution in [0.3, 0.4) is 0 Å². The maximum absolute atomic E-state index is 13.4. The Morgan fingerprint density at radius 1 is 1.21 bits per heavy atom. The number of halogens is 1. The third-order valence-electron chi connectivity index (χ3n) is 8.26. The van der Waals surface area contributed by atoms with Gasteiger partial charge in [0.25, 0.3) is 5.91 Å². The van der Waals surface area contributed by atoms with Gasteiger partial charge in [-0.15, -0.1) is 0 Å². The number of carbonyl (C=O) groups excluding carboxylic acids is 2. The zero-order valence-corrected chi connectivity index (χ0v) is 26.5. The summed E-state index contributed by atoms with van der Waals surface area (Å²) in [5.74, 6) is 0.836. The van der Waals surface area contributed by atoms with Gasteiger partial charge in [0.2, 0.25) is 11.9 Å². The van der Waals surface area contributed by atoms with Crippen LogP contribution in [0.1, 0.15) is 80.9 Å². The van der Waals surface area contributed by atoms with Crippen molar-refractivity contribution in [1.82, 2.24) is 19.4 Å². The van der Waals surface area contributed by atoms with Crippen LogP contribution in [-0.2, 0) is 4.79 Å². The van der Waals surface area contributed by atoms with E-state index in [-0.39, 0.29) is 29.1 Å². The summed E-state index contributed by atoms with van der Waals surface area (Å²) in [7, 11) is 0.728. The molecule has 0 aliphatic carbocycles. The van der Waals surface area contributed by atoms with Crippen LogP contribution >= 0.6 is 20.2 Å². The van der Waals surface area contributed by atoms with E-state index in [4.69, 9.17) is 21.3 Å².